The molecule has 0 radical (unpaired) electrons. The zero-order valence-corrected chi connectivity index (χ0v) is 10.3. The fourth-order valence-corrected chi connectivity index (χ4v) is 1.90. The van der Waals surface area contributed by atoms with Crippen LogP contribution in [0.15, 0.2) is 12.2 Å². The molecule has 0 aromatic rings. The number of carbonyl (C=O) groups excluding carboxylic acids is 1. The fourth-order valence-electron chi connectivity index (χ4n) is 1.90. The molecule has 2 N–H and O–H groups in total. The number of aliphatic hydroxyl groups is 1. The molecule has 0 aliphatic heterocycles. The van der Waals surface area contributed by atoms with Gasteiger partial charge in [-0.1, -0.05) is 26.0 Å². The van der Waals surface area contributed by atoms with Crippen molar-refractivity contribution in [3.63, 3.8) is 0 Å². The van der Waals surface area contributed by atoms with Crippen molar-refractivity contribution in [3.05, 3.63) is 12.2 Å². The highest BCUT2D eigenvalue weighted by Crippen LogP contribution is 2.21. The van der Waals surface area contributed by atoms with Crippen molar-refractivity contribution in [1.82, 2.24) is 5.32 Å². The van der Waals surface area contributed by atoms with Crippen LogP contribution in [0.5, 0.6) is 0 Å². The molecule has 0 bridgehead atoms. The van der Waals surface area contributed by atoms with Gasteiger partial charge in [-0.15, -0.1) is 0 Å². The summed E-state index contributed by atoms with van der Waals surface area (Å²) in [7, 11) is 0. The van der Waals surface area contributed by atoms with Crippen LogP contribution < -0.4 is 5.32 Å². The van der Waals surface area contributed by atoms with Crippen molar-refractivity contribution in [2.45, 2.75) is 39.5 Å². The van der Waals surface area contributed by atoms with Gasteiger partial charge in [0.2, 0.25) is 5.91 Å². The highest BCUT2D eigenvalue weighted by Gasteiger charge is 2.19. The van der Waals surface area contributed by atoms with Gasteiger partial charge in [-0.25, -0.2) is 0 Å². The number of rotatable bonds is 6. The average Bonchev–Trinajstić information content (AvgIpc) is 2.68. The van der Waals surface area contributed by atoms with Crippen molar-refractivity contribution >= 4 is 5.91 Å². The quantitative estimate of drug-likeness (QED) is 0.678. The number of amides is 1. The summed E-state index contributed by atoms with van der Waals surface area (Å²) >= 11 is 0. The molecule has 1 unspecified atom stereocenters. The van der Waals surface area contributed by atoms with Crippen LogP contribution in [0.25, 0.3) is 0 Å². The molecular formula is C13H23NO2. The standard InChI is InChI=1S/C13H23NO2/c1-13(2,7-8-15)10-14-12(16)9-11-5-3-4-6-11/h3,5,11,15H,4,6-10H2,1-2H3,(H,14,16). The number of aliphatic hydroxyl groups excluding tert-OH is 1. The Bertz CT molecular complexity index is 259. The molecule has 1 atom stereocenters. The summed E-state index contributed by atoms with van der Waals surface area (Å²) in [4.78, 5) is 11.6. The van der Waals surface area contributed by atoms with Gasteiger partial charge < -0.3 is 10.4 Å². The Morgan fingerprint density at radius 3 is 2.88 bits per heavy atom. The molecule has 0 heterocycles. The fraction of sp³-hybridized carbons (Fsp3) is 0.769. The SMILES string of the molecule is CC(C)(CCO)CNC(=O)CC1C=CCC1. The lowest BCUT2D eigenvalue weighted by Gasteiger charge is -2.24. The van der Waals surface area contributed by atoms with Crippen molar-refractivity contribution in [1.29, 1.82) is 0 Å². The van der Waals surface area contributed by atoms with Gasteiger partial charge >= 0.3 is 0 Å². The van der Waals surface area contributed by atoms with E-state index in [-0.39, 0.29) is 17.9 Å². The number of hydrogen-bond donors (Lipinski definition) is 2. The van der Waals surface area contributed by atoms with E-state index in [0.717, 1.165) is 19.3 Å². The molecule has 1 aliphatic rings. The van der Waals surface area contributed by atoms with E-state index < -0.39 is 0 Å². The highest BCUT2D eigenvalue weighted by molar-refractivity contribution is 5.76. The van der Waals surface area contributed by atoms with Crippen molar-refractivity contribution in [2.75, 3.05) is 13.2 Å². The summed E-state index contributed by atoms with van der Waals surface area (Å²) in [6.07, 6.45) is 7.82. The molecule has 0 aromatic heterocycles. The van der Waals surface area contributed by atoms with E-state index in [2.05, 4.69) is 31.3 Å². The molecule has 0 fully saturated rings. The second kappa shape index (κ2) is 6.04. The maximum Gasteiger partial charge on any atom is 0.220 e. The smallest absolute Gasteiger partial charge is 0.220 e. The van der Waals surface area contributed by atoms with E-state index in [9.17, 15) is 4.79 Å². The Labute approximate surface area is 97.9 Å². The van der Waals surface area contributed by atoms with Crippen LogP contribution in [0.3, 0.4) is 0 Å². The molecule has 1 aliphatic carbocycles. The first-order chi connectivity index (χ1) is 7.53. The van der Waals surface area contributed by atoms with Gasteiger partial charge in [0.25, 0.3) is 0 Å². The average molecular weight is 225 g/mol. The van der Waals surface area contributed by atoms with Gasteiger partial charge in [0, 0.05) is 19.6 Å². The topological polar surface area (TPSA) is 49.3 Å². The first-order valence-electron chi connectivity index (χ1n) is 6.08. The van der Waals surface area contributed by atoms with Gasteiger partial charge in [-0.2, -0.15) is 0 Å². The maximum absolute atomic E-state index is 11.6. The maximum atomic E-state index is 11.6. The van der Waals surface area contributed by atoms with Gasteiger partial charge in [-0.3, -0.25) is 4.79 Å². The molecule has 0 aromatic carbocycles. The minimum Gasteiger partial charge on any atom is -0.396 e. The third-order valence-corrected chi connectivity index (χ3v) is 3.11. The van der Waals surface area contributed by atoms with Crippen molar-refractivity contribution in [3.8, 4) is 0 Å². The second-order valence-electron chi connectivity index (χ2n) is 5.38. The molecule has 0 saturated heterocycles. The first-order valence-corrected chi connectivity index (χ1v) is 6.08. The van der Waals surface area contributed by atoms with E-state index in [4.69, 9.17) is 5.11 Å². The number of nitrogens with one attached hydrogen (secondary N) is 1. The number of allylic oxidation sites excluding steroid dienone is 2. The molecule has 1 amide bonds. The summed E-state index contributed by atoms with van der Waals surface area (Å²) in [5.41, 5.74) is -0.0179. The monoisotopic (exact) mass is 225 g/mol. The van der Waals surface area contributed by atoms with E-state index >= 15 is 0 Å². The minimum atomic E-state index is -0.0179. The van der Waals surface area contributed by atoms with Crippen molar-refractivity contribution in [2.24, 2.45) is 11.3 Å². The van der Waals surface area contributed by atoms with E-state index in [1.165, 1.54) is 0 Å². The summed E-state index contributed by atoms with van der Waals surface area (Å²) in [6.45, 7) is 4.93. The van der Waals surface area contributed by atoms with Crippen LogP contribution in [0, 0.1) is 11.3 Å². The minimum absolute atomic E-state index is 0.0179. The third-order valence-electron chi connectivity index (χ3n) is 3.11. The Kier molecular flexibility index (Phi) is 5.00. The first kappa shape index (κ1) is 13.2. The molecule has 1 rings (SSSR count). The normalized spacial score (nSPS) is 20.1. The Morgan fingerprint density at radius 1 is 1.56 bits per heavy atom. The summed E-state index contributed by atoms with van der Waals surface area (Å²) in [5, 5.41) is 11.8. The van der Waals surface area contributed by atoms with Crippen LogP contribution in [0.1, 0.15) is 39.5 Å². The predicted octanol–water partition coefficient (Wildman–Crippen LogP) is 1.87. The zero-order valence-electron chi connectivity index (χ0n) is 10.3. The number of hydrogen-bond acceptors (Lipinski definition) is 2. The van der Waals surface area contributed by atoms with Crippen molar-refractivity contribution < 1.29 is 9.90 Å². The van der Waals surface area contributed by atoms with Crippen LogP contribution in [-0.2, 0) is 4.79 Å². The van der Waals surface area contributed by atoms with Gasteiger partial charge in [-0.05, 0) is 30.6 Å². The molecule has 16 heavy (non-hydrogen) atoms. The zero-order chi connectivity index (χ0) is 12.0. The summed E-state index contributed by atoms with van der Waals surface area (Å²) in [6, 6.07) is 0. The summed E-state index contributed by atoms with van der Waals surface area (Å²) in [5.74, 6) is 0.559. The molecule has 92 valence electrons. The molecule has 0 spiro atoms. The van der Waals surface area contributed by atoms with Crippen LogP contribution in [0.4, 0.5) is 0 Å². The Morgan fingerprint density at radius 2 is 2.31 bits per heavy atom. The number of carbonyl (C=O) groups is 1. The predicted molar refractivity (Wildman–Crippen MR) is 65.0 cm³/mol. The third kappa shape index (κ3) is 4.79. The Balaban J connectivity index is 2.21. The molecular weight excluding hydrogens is 202 g/mol. The van der Waals surface area contributed by atoms with E-state index in [1.807, 2.05) is 0 Å². The van der Waals surface area contributed by atoms with E-state index in [0.29, 0.717) is 18.9 Å². The van der Waals surface area contributed by atoms with Crippen LogP contribution in [0.2, 0.25) is 0 Å². The van der Waals surface area contributed by atoms with Crippen LogP contribution >= 0.6 is 0 Å². The van der Waals surface area contributed by atoms with E-state index in [1.54, 1.807) is 0 Å². The second-order valence-corrected chi connectivity index (χ2v) is 5.38. The van der Waals surface area contributed by atoms with Gasteiger partial charge in [0.1, 0.15) is 0 Å². The lowest BCUT2D eigenvalue weighted by Crippen LogP contribution is -2.35. The largest absolute Gasteiger partial charge is 0.396 e. The Hall–Kier alpha value is -0.830. The lowest BCUT2D eigenvalue weighted by molar-refractivity contribution is -0.122. The molecule has 0 saturated carbocycles. The molecule has 3 nitrogen and oxygen atoms in total. The summed E-state index contributed by atoms with van der Waals surface area (Å²) < 4.78 is 0. The van der Waals surface area contributed by atoms with Gasteiger partial charge in [0.05, 0.1) is 0 Å². The van der Waals surface area contributed by atoms with Gasteiger partial charge in [0.15, 0.2) is 0 Å². The molecule has 3 heteroatoms. The highest BCUT2D eigenvalue weighted by atomic mass is 16.3. The lowest BCUT2D eigenvalue weighted by atomic mass is 9.89. The van der Waals surface area contributed by atoms with Crippen LogP contribution in [-0.4, -0.2) is 24.2 Å².